The monoisotopic (exact) mass is 259 g/mol. The molecule has 2 N–H and O–H groups in total. The van der Waals surface area contributed by atoms with Gasteiger partial charge in [-0.2, -0.15) is 5.10 Å². The zero-order valence-electron chi connectivity index (χ0n) is 11.2. The van der Waals surface area contributed by atoms with Crippen LogP contribution in [0, 0.1) is 6.92 Å². The predicted molar refractivity (Wildman–Crippen MR) is 72.6 cm³/mol. The molecule has 2 heterocycles. The van der Waals surface area contributed by atoms with Crippen LogP contribution in [0.2, 0.25) is 0 Å². The lowest BCUT2D eigenvalue weighted by molar-refractivity contribution is -0.118. The predicted octanol–water partition coefficient (Wildman–Crippen LogP) is 1.02. The van der Waals surface area contributed by atoms with Crippen molar-refractivity contribution in [3.8, 4) is 0 Å². The van der Waals surface area contributed by atoms with Crippen LogP contribution in [0.15, 0.2) is 30.9 Å². The van der Waals surface area contributed by atoms with Crippen LogP contribution >= 0.6 is 0 Å². The van der Waals surface area contributed by atoms with E-state index in [1.807, 2.05) is 26.2 Å². The number of hydrogen-bond donors (Lipinski definition) is 2. The third kappa shape index (κ3) is 3.17. The van der Waals surface area contributed by atoms with Crippen LogP contribution in [0.1, 0.15) is 17.2 Å². The molecule has 1 unspecified atom stereocenters. The van der Waals surface area contributed by atoms with Gasteiger partial charge in [-0.25, -0.2) is 0 Å². The van der Waals surface area contributed by atoms with Gasteiger partial charge in [-0.05, 0) is 25.6 Å². The standard InChI is InChI=1S/C13H17N5O/c1-9-4-11(7-15-5-9)17-13(19)12(14-2)10-6-16-18(3)8-10/h4-8,12,14H,1-3H3,(H,17,19). The Labute approximate surface area is 111 Å². The van der Waals surface area contributed by atoms with E-state index >= 15 is 0 Å². The van der Waals surface area contributed by atoms with E-state index in [2.05, 4.69) is 20.7 Å². The normalized spacial score (nSPS) is 12.2. The summed E-state index contributed by atoms with van der Waals surface area (Å²) < 4.78 is 1.67. The van der Waals surface area contributed by atoms with E-state index in [1.165, 1.54) is 0 Å². The Bertz CT molecular complexity index is 578. The molecule has 2 rings (SSSR count). The highest BCUT2D eigenvalue weighted by atomic mass is 16.2. The number of rotatable bonds is 4. The summed E-state index contributed by atoms with van der Waals surface area (Å²) >= 11 is 0. The maximum absolute atomic E-state index is 12.2. The fourth-order valence-electron chi connectivity index (χ4n) is 1.88. The van der Waals surface area contributed by atoms with Crippen molar-refractivity contribution in [3.63, 3.8) is 0 Å². The molecule has 0 aromatic carbocycles. The van der Waals surface area contributed by atoms with Crippen molar-refractivity contribution < 1.29 is 4.79 Å². The highest BCUT2D eigenvalue weighted by Crippen LogP contribution is 2.15. The number of likely N-dealkylation sites (N-methyl/N-ethyl adjacent to an activating group) is 1. The van der Waals surface area contributed by atoms with Gasteiger partial charge in [-0.1, -0.05) is 0 Å². The summed E-state index contributed by atoms with van der Waals surface area (Å²) in [4.78, 5) is 16.3. The molecule has 0 fully saturated rings. The molecule has 0 aliphatic rings. The maximum Gasteiger partial charge on any atom is 0.246 e. The SMILES string of the molecule is CNC(C(=O)Nc1cncc(C)c1)c1cnn(C)c1. The van der Waals surface area contributed by atoms with Crippen LogP contribution in [-0.2, 0) is 11.8 Å². The largest absolute Gasteiger partial charge is 0.323 e. The van der Waals surface area contributed by atoms with Crippen molar-refractivity contribution in [2.24, 2.45) is 7.05 Å². The van der Waals surface area contributed by atoms with Crippen molar-refractivity contribution >= 4 is 11.6 Å². The fraction of sp³-hybridized carbons (Fsp3) is 0.308. The Kier molecular flexibility index (Phi) is 3.91. The van der Waals surface area contributed by atoms with Crippen molar-refractivity contribution in [2.75, 3.05) is 12.4 Å². The van der Waals surface area contributed by atoms with E-state index in [0.717, 1.165) is 11.1 Å². The first-order chi connectivity index (χ1) is 9.10. The summed E-state index contributed by atoms with van der Waals surface area (Å²) in [5.74, 6) is -0.136. The Morgan fingerprint density at radius 2 is 2.16 bits per heavy atom. The molecule has 1 atom stereocenters. The first-order valence-corrected chi connectivity index (χ1v) is 5.98. The summed E-state index contributed by atoms with van der Waals surface area (Å²) in [6.07, 6.45) is 6.86. The molecule has 2 aromatic heterocycles. The summed E-state index contributed by atoms with van der Waals surface area (Å²) in [5.41, 5.74) is 2.51. The second kappa shape index (κ2) is 5.62. The van der Waals surface area contributed by atoms with Crippen molar-refractivity contribution in [1.29, 1.82) is 0 Å². The smallest absolute Gasteiger partial charge is 0.246 e. The Balaban J connectivity index is 2.13. The molecule has 0 aliphatic carbocycles. The molecule has 0 saturated carbocycles. The van der Waals surface area contributed by atoms with Crippen molar-refractivity contribution in [1.82, 2.24) is 20.1 Å². The van der Waals surface area contributed by atoms with Crippen LogP contribution in [0.25, 0.3) is 0 Å². The van der Waals surface area contributed by atoms with Crippen molar-refractivity contribution in [3.05, 3.63) is 42.0 Å². The topological polar surface area (TPSA) is 71.8 Å². The molecule has 0 radical (unpaired) electrons. The summed E-state index contributed by atoms with van der Waals surface area (Å²) in [6, 6.07) is 1.44. The summed E-state index contributed by atoms with van der Waals surface area (Å²) in [5, 5.41) is 9.89. The van der Waals surface area contributed by atoms with Crippen LogP contribution < -0.4 is 10.6 Å². The molecular formula is C13H17N5O. The zero-order valence-corrected chi connectivity index (χ0v) is 11.2. The molecule has 6 heteroatoms. The van der Waals surface area contributed by atoms with Gasteiger partial charge in [0.1, 0.15) is 6.04 Å². The molecule has 19 heavy (non-hydrogen) atoms. The molecule has 0 bridgehead atoms. The van der Waals surface area contributed by atoms with Crippen LogP contribution in [-0.4, -0.2) is 27.7 Å². The zero-order chi connectivity index (χ0) is 13.8. The number of nitrogens with zero attached hydrogens (tertiary/aromatic N) is 3. The lowest BCUT2D eigenvalue weighted by atomic mass is 10.1. The van der Waals surface area contributed by atoms with Crippen LogP contribution in [0.3, 0.4) is 0 Å². The lowest BCUT2D eigenvalue weighted by Crippen LogP contribution is -2.30. The van der Waals surface area contributed by atoms with E-state index < -0.39 is 6.04 Å². The number of amides is 1. The van der Waals surface area contributed by atoms with Crippen LogP contribution in [0.5, 0.6) is 0 Å². The van der Waals surface area contributed by atoms with E-state index in [-0.39, 0.29) is 5.91 Å². The van der Waals surface area contributed by atoms with E-state index in [9.17, 15) is 4.79 Å². The van der Waals surface area contributed by atoms with Crippen LogP contribution in [0.4, 0.5) is 5.69 Å². The van der Waals surface area contributed by atoms with E-state index in [4.69, 9.17) is 0 Å². The Morgan fingerprint density at radius 1 is 1.37 bits per heavy atom. The lowest BCUT2D eigenvalue weighted by Gasteiger charge is -2.14. The van der Waals surface area contributed by atoms with Gasteiger partial charge < -0.3 is 10.6 Å². The second-order valence-corrected chi connectivity index (χ2v) is 4.41. The van der Waals surface area contributed by atoms with Gasteiger partial charge in [0, 0.05) is 25.0 Å². The van der Waals surface area contributed by atoms with Gasteiger partial charge in [0.15, 0.2) is 0 Å². The number of nitrogens with one attached hydrogen (secondary N) is 2. The molecule has 0 saturated heterocycles. The Morgan fingerprint density at radius 3 is 2.74 bits per heavy atom. The first-order valence-electron chi connectivity index (χ1n) is 5.98. The van der Waals surface area contributed by atoms with Gasteiger partial charge in [-0.15, -0.1) is 0 Å². The maximum atomic E-state index is 12.2. The van der Waals surface area contributed by atoms with Gasteiger partial charge in [0.05, 0.1) is 18.1 Å². The molecule has 1 amide bonds. The molecule has 100 valence electrons. The van der Waals surface area contributed by atoms with Gasteiger partial charge in [0.25, 0.3) is 0 Å². The second-order valence-electron chi connectivity index (χ2n) is 4.41. The summed E-state index contributed by atoms with van der Waals surface area (Å²) in [6.45, 7) is 1.93. The van der Waals surface area contributed by atoms with E-state index in [1.54, 1.807) is 30.3 Å². The summed E-state index contributed by atoms with van der Waals surface area (Å²) in [7, 11) is 3.56. The number of hydrogen-bond acceptors (Lipinski definition) is 4. The minimum Gasteiger partial charge on any atom is -0.323 e. The highest BCUT2D eigenvalue weighted by Gasteiger charge is 2.20. The number of carbonyl (C=O) groups excluding carboxylic acids is 1. The van der Waals surface area contributed by atoms with E-state index in [0.29, 0.717) is 5.69 Å². The Hall–Kier alpha value is -2.21. The minimum atomic E-state index is -0.436. The first kappa shape index (κ1) is 13.2. The third-order valence-corrected chi connectivity index (χ3v) is 2.75. The number of carbonyl (C=O) groups is 1. The molecule has 2 aromatic rings. The van der Waals surface area contributed by atoms with Gasteiger partial charge in [-0.3, -0.25) is 14.5 Å². The molecule has 0 spiro atoms. The average molecular weight is 259 g/mol. The quantitative estimate of drug-likeness (QED) is 0.860. The van der Waals surface area contributed by atoms with Gasteiger partial charge >= 0.3 is 0 Å². The number of anilines is 1. The highest BCUT2D eigenvalue weighted by molar-refractivity contribution is 5.95. The number of pyridine rings is 1. The molecule has 6 nitrogen and oxygen atoms in total. The average Bonchev–Trinajstić information content (AvgIpc) is 2.76. The number of aryl methyl sites for hydroxylation is 2. The third-order valence-electron chi connectivity index (χ3n) is 2.75. The van der Waals surface area contributed by atoms with Crippen molar-refractivity contribution in [2.45, 2.75) is 13.0 Å². The molecule has 0 aliphatic heterocycles. The minimum absolute atomic E-state index is 0.136. The number of aromatic nitrogens is 3. The molecular weight excluding hydrogens is 242 g/mol. The fourth-order valence-corrected chi connectivity index (χ4v) is 1.88. The van der Waals surface area contributed by atoms with Gasteiger partial charge in [0.2, 0.25) is 5.91 Å².